The first-order valence-corrected chi connectivity index (χ1v) is 8.94. The average molecular weight is 341 g/mol. The molecule has 132 valence electrons. The number of hydrogen-bond acceptors (Lipinski definition) is 5. The summed E-state index contributed by atoms with van der Waals surface area (Å²) in [7, 11) is 0. The molecule has 4 rings (SSSR count). The third-order valence-corrected chi connectivity index (χ3v) is 5.50. The van der Waals surface area contributed by atoms with E-state index < -0.39 is 0 Å². The number of ether oxygens (including phenoxy) is 1. The molecule has 1 aromatic heterocycles. The molecule has 0 atom stereocenters. The lowest BCUT2D eigenvalue weighted by Crippen LogP contribution is -2.44. The molecular weight excluding hydrogens is 318 g/mol. The normalized spacial score (nSPS) is 20.1. The van der Waals surface area contributed by atoms with E-state index in [-0.39, 0.29) is 11.3 Å². The van der Waals surface area contributed by atoms with Crippen molar-refractivity contribution in [3.63, 3.8) is 0 Å². The molecule has 2 aromatic rings. The molecule has 1 N–H and O–H groups in total. The van der Waals surface area contributed by atoms with Gasteiger partial charge in [0.1, 0.15) is 5.75 Å². The van der Waals surface area contributed by atoms with Crippen LogP contribution < -0.4 is 4.74 Å². The zero-order chi connectivity index (χ0) is 17.3. The first kappa shape index (κ1) is 16.1. The van der Waals surface area contributed by atoms with E-state index in [1.165, 1.54) is 6.42 Å². The van der Waals surface area contributed by atoms with Crippen LogP contribution in [0.5, 0.6) is 5.75 Å². The van der Waals surface area contributed by atoms with Crippen LogP contribution in [0.4, 0.5) is 0 Å². The Morgan fingerprint density at radius 1 is 1.24 bits per heavy atom. The number of tetrazole rings is 1. The lowest BCUT2D eigenvalue weighted by molar-refractivity contribution is 0.0671. The largest absolute Gasteiger partial charge is 0.490 e. The van der Waals surface area contributed by atoms with E-state index in [4.69, 9.17) is 4.74 Å². The average Bonchev–Trinajstić information content (AvgIpc) is 3.14. The maximum atomic E-state index is 12.7. The Morgan fingerprint density at radius 2 is 1.96 bits per heavy atom. The van der Waals surface area contributed by atoms with Crippen molar-refractivity contribution in [2.45, 2.75) is 50.5 Å². The van der Waals surface area contributed by atoms with Crippen LogP contribution in [0, 0.1) is 0 Å². The van der Waals surface area contributed by atoms with Crippen LogP contribution >= 0.6 is 0 Å². The molecule has 0 unspecified atom stereocenters. The molecule has 1 aliphatic carbocycles. The number of aromatic amines is 1. The molecule has 2 heterocycles. The molecule has 1 aliphatic heterocycles. The first-order chi connectivity index (χ1) is 12.1. The Hall–Kier alpha value is -2.44. The van der Waals surface area contributed by atoms with Crippen molar-refractivity contribution >= 4 is 5.91 Å². The van der Waals surface area contributed by atoms with Gasteiger partial charge in [-0.25, -0.2) is 0 Å². The van der Waals surface area contributed by atoms with Gasteiger partial charge in [-0.3, -0.25) is 4.79 Å². The smallest absolute Gasteiger partial charge is 0.253 e. The highest BCUT2D eigenvalue weighted by molar-refractivity contribution is 5.94. The number of hydrogen-bond donors (Lipinski definition) is 1. The van der Waals surface area contributed by atoms with Crippen molar-refractivity contribution in [2.75, 3.05) is 13.1 Å². The van der Waals surface area contributed by atoms with Crippen molar-refractivity contribution < 1.29 is 9.53 Å². The Bertz CT molecular complexity index is 716. The number of amides is 1. The predicted octanol–water partition coefficient (Wildman–Crippen LogP) is 2.32. The molecule has 1 saturated heterocycles. The predicted molar refractivity (Wildman–Crippen MR) is 91.4 cm³/mol. The third-order valence-electron chi connectivity index (χ3n) is 5.50. The van der Waals surface area contributed by atoms with Gasteiger partial charge in [0, 0.05) is 24.1 Å². The number of rotatable bonds is 4. The fourth-order valence-electron chi connectivity index (χ4n) is 3.38. The fraction of sp³-hybridized carbons (Fsp3) is 0.556. The molecule has 1 saturated carbocycles. The molecule has 7 heteroatoms. The molecule has 1 aromatic carbocycles. The number of carbonyl (C=O) groups excluding carboxylic acids is 1. The summed E-state index contributed by atoms with van der Waals surface area (Å²) in [6.45, 7) is 3.53. The number of nitrogens with zero attached hydrogens (tertiary/aromatic N) is 4. The number of piperidine rings is 1. The van der Waals surface area contributed by atoms with Gasteiger partial charge in [-0.15, -0.1) is 10.2 Å². The maximum absolute atomic E-state index is 12.7. The molecule has 0 radical (unpaired) electrons. The molecule has 25 heavy (non-hydrogen) atoms. The summed E-state index contributed by atoms with van der Waals surface area (Å²) >= 11 is 0. The Labute approximate surface area is 146 Å². The molecule has 2 fully saturated rings. The standard InChI is InChI=1S/C18H23N5O2/c1-18(17-19-21-22-20-17)9-11-23(12-10-18)16(24)13-5-7-15(8-6-13)25-14-3-2-4-14/h5-8,14H,2-4,9-12H2,1H3,(H,19,20,21,22). The molecule has 2 aliphatic rings. The monoisotopic (exact) mass is 341 g/mol. The quantitative estimate of drug-likeness (QED) is 0.922. The van der Waals surface area contributed by atoms with Crippen LogP contribution in [-0.4, -0.2) is 50.6 Å². The molecule has 0 spiro atoms. The fourth-order valence-corrected chi connectivity index (χ4v) is 3.38. The van der Waals surface area contributed by atoms with Gasteiger partial charge in [-0.05, 0) is 56.4 Å². The highest BCUT2D eigenvalue weighted by atomic mass is 16.5. The van der Waals surface area contributed by atoms with Gasteiger partial charge in [0.25, 0.3) is 5.91 Å². The zero-order valence-corrected chi connectivity index (χ0v) is 14.4. The minimum Gasteiger partial charge on any atom is -0.490 e. The van der Waals surface area contributed by atoms with Crippen LogP contribution in [-0.2, 0) is 5.41 Å². The van der Waals surface area contributed by atoms with Gasteiger partial charge in [-0.1, -0.05) is 12.1 Å². The van der Waals surface area contributed by atoms with Gasteiger partial charge in [0.2, 0.25) is 0 Å². The van der Waals surface area contributed by atoms with E-state index in [1.54, 1.807) is 0 Å². The van der Waals surface area contributed by atoms with Gasteiger partial charge in [0.05, 0.1) is 6.10 Å². The minimum atomic E-state index is -0.121. The summed E-state index contributed by atoms with van der Waals surface area (Å²) in [5, 5.41) is 14.4. The van der Waals surface area contributed by atoms with Crippen molar-refractivity contribution in [3.05, 3.63) is 35.7 Å². The van der Waals surface area contributed by atoms with Crippen molar-refractivity contribution in [1.82, 2.24) is 25.5 Å². The van der Waals surface area contributed by atoms with E-state index >= 15 is 0 Å². The summed E-state index contributed by atoms with van der Waals surface area (Å²) < 4.78 is 5.85. The van der Waals surface area contributed by atoms with E-state index in [9.17, 15) is 4.79 Å². The van der Waals surface area contributed by atoms with Crippen LogP contribution in [0.15, 0.2) is 24.3 Å². The Balaban J connectivity index is 1.37. The van der Waals surface area contributed by atoms with Crippen LogP contribution in [0.3, 0.4) is 0 Å². The molecular formula is C18H23N5O2. The van der Waals surface area contributed by atoms with Crippen LogP contribution in [0.2, 0.25) is 0 Å². The van der Waals surface area contributed by atoms with Gasteiger partial charge >= 0.3 is 0 Å². The Kier molecular flexibility index (Phi) is 4.15. The zero-order valence-electron chi connectivity index (χ0n) is 14.4. The number of carbonyl (C=O) groups is 1. The summed E-state index contributed by atoms with van der Waals surface area (Å²) in [6, 6.07) is 7.53. The second-order valence-electron chi connectivity index (χ2n) is 7.28. The minimum absolute atomic E-state index is 0.0744. The van der Waals surface area contributed by atoms with Gasteiger partial charge in [0.15, 0.2) is 5.82 Å². The second kappa shape index (κ2) is 6.46. The second-order valence-corrected chi connectivity index (χ2v) is 7.28. The lowest BCUT2D eigenvalue weighted by Gasteiger charge is -2.37. The highest BCUT2D eigenvalue weighted by Gasteiger charge is 2.36. The topological polar surface area (TPSA) is 84.0 Å². The number of benzene rings is 1. The van der Waals surface area contributed by atoms with Crippen molar-refractivity contribution in [3.8, 4) is 5.75 Å². The Morgan fingerprint density at radius 3 is 2.52 bits per heavy atom. The van der Waals surface area contributed by atoms with E-state index in [1.807, 2.05) is 29.2 Å². The van der Waals surface area contributed by atoms with E-state index in [2.05, 4.69) is 27.5 Å². The molecule has 0 bridgehead atoms. The van der Waals surface area contributed by atoms with E-state index in [0.29, 0.717) is 24.8 Å². The van der Waals surface area contributed by atoms with Crippen LogP contribution in [0.1, 0.15) is 55.2 Å². The number of likely N-dealkylation sites (tertiary alicyclic amines) is 1. The highest BCUT2D eigenvalue weighted by Crippen LogP contribution is 2.33. The molecule has 7 nitrogen and oxygen atoms in total. The van der Waals surface area contributed by atoms with Crippen LogP contribution in [0.25, 0.3) is 0 Å². The van der Waals surface area contributed by atoms with E-state index in [0.717, 1.165) is 37.3 Å². The SMILES string of the molecule is CC1(c2nn[nH]n2)CCN(C(=O)c2ccc(OC3CCC3)cc2)CC1. The summed E-state index contributed by atoms with van der Waals surface area (Å²) in [5.74, 6) is 1.66. The molecule has 1 amide bonds. The summed E-state index contributed by atoms with van der Waals surface area (Å²) in [4.78, 5) is 14.6. The number of H-pyrrole nitrogens is 1. The number of nitrogens with one attached hydrogen (secondary N) is 1. The number of aromatic nitrogens is 4. The van der Waals surface area contributed by atoms with Gasteiger partial charge in [-0.2, -0.15) is 5.21 Å². The van der Waals surface area contributed by atoms with Crippen molar-refractivity contribution in [1.29, 1.82) is 0 Å². The lowest BCUT2D eigenvalue weighted by atomic mass is 9.79. The van der Waals surface area contributed by atoms with Gasteiger partial charge < -0.3 is 9.64 Å². The first-order valence-electron chi connectivity index (χ1n) is 8.94. The van der Waals surface area contributed by atoms with Crippen molar-refractivity contribution in [2.24, 2.45) is 0 Å². The summed E-state index contributed by atoms with van der Waals surface area (Å²) in [6.07, 6.45) is 5.54. The maximum Gasteiger partial charge on any atom is 0.253 e. The summed E-state index contributed by atoms with van der Waals surface area (Å²) in [5.41, 5.74) is 0.591. The third kappa shape index (κ3) is 3.23.